The molecule has 0 aliphatic rings. The second kappa shape index (κ2) is 8.22. The van der Waals surface area contributed by atoms with Crippen molar-refractivity contribution in [2.24, 2.45) is 0 Å². The summed E-state index contributed by atoms with van der Waals surface area (Å²) in [5.74, 6) is -1.59. The highest BCUT2D eigenvalue weighted by Gasteiger charge is 2.11. The molecule has 1 rings (SSSR count). The number of aliphatic hydroxyl groups is 1. The van der Waals surface area contributed by atoms with Crippen molar-refractivity contribution in [1.82, 2.24) is 0 Å². The lowest BCUT2D eigenvalue weighted by atomic mass is 10.2. The van der Waals surface area contributed by atoms with Crippen LogP contribution in [-0.4, -0.2) is 29.7 Å². The zero-order valence-electron chi connectivity index (χ0n) is 11.3. The molecule has 0 saturated carbocycles. The van der Waals surface area contributed by atoms with Crippen LogP contribution >= 0.6 is 11.8 Å². The van der Waals surface area contributed by atoms with Gasteiger partial charge in [-0.25, -0.2) is 4.79 Å². The Bertz CT molecular complexity index is 532. The van der Waals surface area contributed by atoms with Gasteiger partial charge in [-0.05, 0) is 25.3 Å². The molecule has 1 aromatic rings. The van der Waals surface area contributed by atoms with Crippen molar-refractivity contribution in [2.45, 2.75) is 6.92 Å². The standard InChI is InChI=1S/C15H16O4S/c1-3-19-15(18)12(16)9-10-13(20-2)14(17)11-7-5-4-6-8-11/h4-10,17H,3H2,1-2H3. The number of carbonyl (C=O) groups is 2. The maximum absolute atomic E-state index is 11.4. The molecule has 0 radical (unpaired) electrons. The van der Waals surface area contributed by atoms with Crippen LogP contribution in [0.3, 0.4) is 0 Å². The van der Waals surface area contributed by atoms with E-state index in [4.69, 9.17) is 0 Å². The number of esters is 1. The second-order valence-electron chi connectivity index (χ2n) is 3.70. The highest BCUT2D eigenvalue weighted by molar-refractivity contribution is 8.02. The molecule has 1 N–H and O–H groups in total. The Balaban J connectivity index is 2.92. The number of hydrogen-bond acceptors (Lipinski definition) is 5. The SMILES string of the molecule is CCOC(=O)C(=O)C=CC(SC)=C(O)c1ccccc1. The van der Waals surface area contributed by atoms with E-state index in [9.17, 15) is 14.7 Å². The van der Waals surface area contributed by atoms with Gasteiger partial charge in [-0.15, -0.1) is 11.8 Å². The molecule has 0 heterocycles. The normalized spacial score (nSPS) is 12.1. The molecule has 0 aromatic heterocycles. The van der Waals surface area contributed by atoms with Crippen molar-refractivity contribution in [1.29, 1.82) is 0 Å². The number of aliphatic hydroxyl groups excluding tert-OH is 1. The number of hydrogen-bond donors (Lipinski definition) is 1. The zero-order chi connectivity index (χ0) is 15.0. The predicted molar refractivity (Wildman–Crippen MR) is 80.3 cm³/mol. The molecule has 0 aliphatic heterocycles. The summed E-state index contributed by atoms with van der Waals surface area (Å²) >= 11 is 1.28. The van der Waals surface area contributed by atoms with Gasteiger partial charge in [0.1, 0.15) is 5.76 Å². The van der Waals surface area contributed by atoms with Crippen molar-refractivity contribution < 1.29 is 19.4 Å². The van der Waals surface area contributed by atoms with Crippen LogP contribution in [0.1, 0.15) is 12.5 Å². The molecular weight excluding hydrogens is 276 g/mol. The first-order valence-electron chi connectivity index (χ1n) is 6.02. The molecule has 0 spiro atoms. The molecule has 0 unspecified atom stereocenters. The monoisotopic (exact) mass is 292 g/mol. The van der Waals surface area contributed by atoms with E-state index in [0.717, 1.165) is 6.08 Å². The van der Waals surface area contributed by atoms with Crippen LogP contribution in [0.25, 0.3) is 5.76 Å². The third kappa shape index (κ3) is 4.59. The van der Waals surface area contributed by atoms with E-state index in [1.165, 1.54) is 17.8 Å². The Labute approximate surface area is 122 Å². The van der Waals surface area contributed by atoms with Crippen LogP contribution in [0.4, 0.5) is 0 Å². The summed E-state index contributed by atoms with van der Waals surface area (Å²) in [7, 11) is 0. The lowest BCUT2D eigenvalue weighted by Crippen LogP contribution is -2.14. The Morgan fingerprint density at radius 3 is 2.45 bits per heavy atom. The van der Waals surface area contributed by atoms with Gasteiger partial charge in [0.2, 0.25) is 0 Å². The van der Waals surface area contributed by atoms with Gasteiger partial charge in [-0.3, -0.25) is 4.79 Å². The topological polar surface area (TPSA) is 63.6 Å². The molecular formula is C15H16O4S. The summed E-state index contributed by atoms with van der Waals surface area (Å²) in [6.45, 7) is 1.78. The molecule has 106 valence electrons. The minimum atomic E-state index is -0.900. The highest BCUT2D eigenvalue weighted by Crippen LogP contribution is 2.24. The average molecular weight is 292 g/mol. The molecule has 0 fully saturated rings. The van der Waals surface area contributed by atoms with Gasteiger partial charge < -0.3 is 9.84 Å². The number of benzene rings is 1. The Kier molecular flexibility index (Phi) is 6.59. The lowest BCUT2D eigenvalue weighted by Gasteiger charge is -2.04. The molecule has 0 saturated heterocycles. The van der Waals surface area contributed by atoms with Crippen LogP contribution in [0.2, 0.25) is 0 Å². The minimum Gasteiger partial charge on any atom is -0.506 e. The van der Waals surface area contributed by atoms with E-state index in [0.29, 0.717) is 10.5 Å². The van der Waals surface area contributed by atoms with E-state index in [1.807, 2.05) is 6.07 Å². The Morgan fingerprint density at radius 1 is 1.25 bits per heavy atom. The van der Waals surface area contributed by atoms with Gasteiger partial charge in [0.05, 0.1) is 6.61 Å². The fourth-order valence-electron chi connectivity index (χ4n) is 1.40. The van der Waals surface area contributed by atoms with Crippen LogP contribution in [-0.2, 0) is 14.3 Å². The minimum absolute atomic E-state index is 0.0611. The van der Waals surface area contributed by atoms with Crippen molar-refractivity contribution in [3.8, 4) is 0 Å². The lowest BCUT2D eigenvalue weighted by molar-refractivity contribution is -0.151. The van der Waals surface area contributed by atoms with Gasteiger partial charge in [-0.2, -0.15) is 0 Å². The smallest absolute Gasteiger partial charge is 0.379 e. The first kappa shape index (κ1) is 16.0. The zero-order valence-corrected chi connectivity index (χ0v) is 12.1. The molecule has 20 heavy (non-hydrogen) atoms. The van der Waals surface area contributed by atoms with E-state index in [1.54, 1.807) is 37.4 Å². The second-order valence-corrected chi connectivity index (χ2v) is 4.55. The van der Waals surface area contributed by atoms with E-state index in [-0.39, 0.29) is 12.4 Å². The molecule has 0 amide bonds. The molecule has 0 aliphatic carbocycles. The maximum Gasteiger partial charge on any atom is 0.379 e. The average Bonchev–Trinajstić information content (AvgIpc) is 2.48. The van der Waals surface area contributed by atoms with E-state index >= 15 is 0 Å². The number of ketones is 1. The third-order valence-corrected chi connectivity index (χ3v) is 3.13. The summed E-state index contributed by atoms with van der Waals surface area (Å²) in [5, 5.41) is 10.1. The fraction of sp³-hybridized carbons (Fsp3) is 0.200. The third-order valence-electron chi connectivity index (χ3n) is 2.36. The van der Waals surface area contributed by atoms with Crippen LogP contribution < -0.4 is 0 Å². The van der Waals surface area contributed by atoms with Gasteiger partial charge in [0.15, 0.2) is 0 Å². The van der Waals surface area contributed by atoms with Crippen LogP contribution in [0.5, 0.6) is 0 Å². The van der Waals surface area contributed by atoms with Crippen LogP contribution in [0.15, 0.2) is 47.4 Å². The van der Waals surface area contributed by atoms with E-state index in [2.05, 4.69) is 4.74 Å². The van der Waals surface area contributed by atoms with Crippen molar-refractivity contribution in [2.75, 3.05) is 12.9 Å². The van der Waals surface area contributed by atoms with Crippen molar-refractivity contribution >= 4 is 29.3 Å². The maximum atomic E-state index is 11.4. The molecule has 1 aromatic carbocycles. The van der Waals surface area contributed by atoms with Crippen LogP contribution in [0, 0.1) is 0 Å². The Hall–Kier alpha value is -2.01. The van der Waals surface area contributed by atoms with Gasteiger partial charge in [-0.1, -0.05) is 30.3 Å². The predicted octanol–water partition coefficient (Wildman–Crippen LogP) is 2.96. The fourth-order valence-corrected chi connectivity index (χ4v) is 1.92. The number of carbonyl (C=O) groups excluding carboxylic acids is 2. The number of ether oxygens (including phenoxy) is 1. The summed E-state index contributed by atoms with van der Waals surface area (Å²) in [5.41, 5.74) is 0.644. The van der Waals surface area contributed by atoms with Gasteiger partial charge in [0.25, 0.3) is 5.78 Å². The largest absolute Gasteiger partial charge is 0.506 e. The summed E-state index contributed by atoms with van der Waals surface area (Å²) in [6.07, 6.45) is 4.28. The first-order valence-corrected chi connectivity index (χ1v) is 7.24. The van der Waals surface area contributed by atoms with Crippen molar-refractivity contribution in [3.05, 3.63) is 53.0 Å². The number of rotatable bonds is 6. The number of allylic oxidation sites excluding steroid dienone is 1. The highest BCUT2D eigenvalue weighted by atomic mass is 32.2. The van der Waals surface area contributed by atoms with Gasteiger partial charge >= 0.3 is 5.97 Å². The molecule has 5 heteroatoms. The summed E-state index contributed by atoms with van der Waals surface area (Å²) in [6, 6.07) is 8.96. The summed E-state index contributed by atoms with van der Waals surface area (Å²) < 4.78 is 4.59. The quantitative estimate of drug-likeness (QED) is 0.287. The van der Waals surface area contributed by atoms with Gasteiger partial charge in [0, 0.05) is 10.5 Å². The first-order chi connectivity index (χ1) is 9.60. The van der Waals surface area contributed by atoms with E-state index < -0.39 is 11.8 Å². The summed E-state index contributed by atoms with van der Waals surface area (Å²) in [4.78, 5) is 23.1. The molecule has 0 atom stereocenters. The molecule has 4 nitrogen and oxygen atoms in total. The Morgan fingerprint density at radius 2 is 1.90 bits per heavy atom. The van der Waals surface area contributed by atoms with Crippen molar-refractivity contribution in [3.63, 3.8) is 0 Å². The molecule has 0 bridgehead atoms. The number of thioether (sulfide) groups is 1.